The Morgan fingerprint density at radius 1 is 1.19 bits per heavy atom. The average Bonchev–Trinajstić information content (AvgIpc) is 3.16. The SMILES string of the molecule is Oc1ccccc1-c1cc2c(C3CCNC3)c[nH]c2nn1. The Balaban J connectivity index is 1.85. The normalized spacial score (nSPS) is 18.4. The minimum absolute atomic E-state index is 0.228. The topological polar surface area (TPSA) is 73.8 Å². The molecule has 1 aliphatic rings. The van der Waals surface area contributed by atoms with Crippen LogP contribution in [0.2, 0.25) is 0 Å². The molecule has 0 spiro atoms. The fraction of sp³-hybridized carbons (Fsp3) is 0.250. The number of hydrogen-bond donors (Lipinski definition) is 3. The third kappa shape index (κ3) is 2.06. The van der Waals surface area contributed by atoms with Crippen LogP contribution in [0.25, 0.3) is 22.3 Å². The molecule has 2 aromatic heterocycles. The highest BCUT2D eigenvalue weighted by molar-refractivity contribution is 5.84. The summed E-state index contributed by atoms with van der Waals surface area (Å²) < 4.78 is 0. The van der Waals surface area contributed by atoms with Crippen LogP contribution in [0.4, 0.5) is 0 Å². The van der Waals surface area contributed by atoms with Crippen LogP contribution in [0.3, 0.4) is 0 Å². The Morgan fingerprint density at radius 3 is 2.90 bits per heavy atom. The zero-order valence-corrected chi connectivity index (χ0v) is 11.5. The predicted molar refractivity (Wildman–Crippen MR) is 81.2 cm³/mol. The first kappa shape index (κ1) is 12.3. The second-order valence-electron chi connectivity index (χ2n) is 5.44. The first-order valence-corrected chi connectivity index (χ1v) is 7.17. The van der Waals surface area contributed by atoms with Gasteiger partial charge in [0.1, 0.15) is 5.75 Å². The second kappa shape index (κ2) is 4.86. The van der Waals surface area contributed by atoms with Gasteiger partial charge in [0.2, 0.25) is 0 Å². The lowest BCUT2D eigenvalue weighted by Crippen LogP contribution is -2.07. The zero-order valence-electron chi connectivity index (χ0n) is 11.5. The maximum Gasteiger partial charge on any atom is 0.160 e. The van der Waals surface area contributed by atoms with E-state index in [0.29, 0.717) is 17.2 Å². The minimum Gasteiger partial charge on any atom is -0.507 e. The van der Waals surface area contributed by atoms with E-state index < -0.39 is 0 Å². The van der Waals surface area contributed by atoms with Crippen LogP contribution in [0.15, 0.2) is 36.5 Å². The van der Waals surface area contributed by atoms with E-state index in [-0.39, 0.29) is 5.75 Å². The summed E-state index contributed by atoms with van der Waals surface area (Å²) in [5, 5.41) is 22.9. The van der Waals surface area contributed by atoms with Crippen LogP contribution in [0.1, 0.15) is 17.9 Å². The second-order valence-corrected chi connectivity index (χ2v) is 5.44. The van der Waals surface area contributed by atoms with Crippen LogP contribution < -0.4 is 5.32 Å². The van der Waals surface area contributed by atoms with Crippen molar-refractivity contribution >= 4 is 11.0 Å². The summed E-state index contributed by atoms with van der Waals surface area (Å²) >= 11 is 0. The Morgan fingerprint density at radius 2 is 2.10 bits per heavy atom. The zero-order chi connectivity index (χ0) is 14.2. The summed E-state index contributed by atoms with van der Waals surface area (Å²) in [4.78, 5) is 3.19. The minimum atomic E-state index is 0.228. The van der Waals surface area contributed by atoms with Crippen LogP contribution in [-0.2, 0) is 0 Å². The first-order valence-electron chi connectivity index (χ1n) is 7.17. The van der Waals surface area contributed by atoms with E-state index in [0.717, 1.165) is 30.5 Å². The van der Waals surface area contributed by atoms with E-state index >= 15 is 0 Å². The molecule has 1 atom stereocenters. The fourth-order valence-electron chi connectivity index (χ4n) is 3.02. The maximum atomic E-state index is 9.98. The summed E-state index contributed by atoms with van der Waals surface area (Å²) in [5.74, 6) is 0.742. The Hall–Kier alpha value is -2.40. The number of aromatic hydroxyl groups is 1. The molecule has 3 heterocycles. The summed E-state index contributed by atoms with van der Waals surface area (Å²) in [6.07, 6.45) is 3.17. The number of aromatic nitrogens is 3. The van der Waals surface area contributed by atoms with Gasteiger partial charge in [-0.15, -0.1) is 10.2 Å². The number of fused-ring (bicyclic) bond motifs is 1. The van der Waals surface area contributed by atoms with E-state index in [2.05, 4.69) is 20.5 Å². The van der Waals surface area contributed by atoms with E-state index in [1.165, 1.54) is 5.56 Å². The number of phenolic OH excluding ortho intramolecular Hbond substituents is 1. The monoisotopic (exact) mass is 280 g/mol. The maximum absolute atomic E-state index is 9.98. The van der Waals surface area contributed by atoms with Gasteiger partial charge in [0.05, 0.1) is 5.69 Å². The smallest absolute Gasteiger partial charge is 0.160 e. The molecule has 1 fully saturated rings. The molecule has 1 aromatic carbocycles. The number of H-pyrrole nitrogens is 1. The number of phenols is 1. The van der Waals surface area contributed by atoms with Gasteiger partial charge in [-0.2, -0.15) is 0 Å². The van der Waals surface area contributed by atoms with E-state index in [1.807, 2.05) is 24.4 Å². The highest BCUT2D eigenvalue weighted by Gasteiger charge is 2.21. The molecule has 0 saturated carbocycles. The number of hydrogen-bond acceptors (Lipinski definition) is 4. The summed E-state index contributed by atoms with van der Waals surface area (Å²) in [5.41, 5.74) is 3.49. The van der Waals surface area contributed by atoms with E-state index in [1.54, 1.807) is 12.1 Å². The number of benzene rings is 1. The predicted octanol–water partition coefficient (Wildman–Crippen LogP) is 2.41. The lowest BCUT2D eigenvalue weighted by molar-refractivity contribution is 0.477. The van der Waals surface area contributed by atoms with Gasteiger partial charge >= 0.3 is 0 Å². The molecular formula is C16H16N4O. The van der Waals surface area contributed by atoms with Crippen LogP contribution >= 0.6 is 0 Å². The molecule has 5 heteroatoms. The summed E-state index contributed by atoms with van der Waals surface area (Å²) in [6, 6.07) is 9.23. The third-order valence-corrected chi connectivity index (χ3v) is 4.15. The Kier molecular flexibility index (Phi) is 2.86. The van der Waals surface area contributed by atoms with Crippen molar-refractivity contribution in [1.82, 2.24) is 20.5 Å². The number of nitrogens with zero attached hydrogens (tertiary/aromatic N) is 2. The van der Waals surface area contributed by atoms with Crippen LogP contribution in [0, 0.1) is 0 Å². The van der Waals surface area contributed by atoms with Crippen molar-refractivity contribution in [2.75, 3.05) is 13.1 Å². The lowest BCUT2D eigenvalue weighted by Gasteiger charge is -2.07. The van der Waals surface area contributed by atoms with Crippen molar-refractivity contribution < 1.29 is 5.11 Å². The van der Waals surface area contributed by atoms with Gasteiger partial charge in [-0.25, -0.2) is 0 Å². The van der Waals surface area contributed by atoms with Crippen LogP contribution in [0.5, 0.6) is 5.75 Å². The summed E-state index contributed by atoms with van der Waals surface area (Å²) in [6.45, 7) is 2.06. The molecule has 3 N–H and O–H groups in total. The fourth-order valence-corrected chi connectivity index (χ4v) is 3.02. The van der Waals surface area contributed by atoms with Gasteiger partial charge in [-0.1, -0.05) is 12.1 Å². The van der Waals surface area contributed by atoms with Crippen molar-refractivity contribution in [3.63, 3.8) is 0 Å². The molecule has 0 amide bonds. The van der Waals surface area contributed by atoms with Crippen LogP contribution in [-0.4, -0.2) is 33.4 Å². The molecule has 5 nitrogen and oxygen atoms in total. The van der Waals surface area contributed by atoms with Gasteiger partial charge in [0.15, 0.2) is 5.65 Å². The Labute approximate surface area is 122 Å². The largest absolute Gasteiger partial charge is 0.507 e. The van der Waals surface area contributed by atoms with Crippen molar-refractivity contribution in [3.05, 3.63) is 42.1 Å². The van der Waals surface area contributed by atoms with Crippen molar-refractivity contribution in [2.24, 2.45) is 0 Å². The lowest BCUT2D eigenvalue weighted by atomic mass is 9.98. The average molecular weight is 280 g/mol. The molecule has 1 unspecified atom stereocenters. The highest BCUT2D eigenvalue weighted by Crippen LogP contribution is 2.32. The third-order valence-electron chi connectivity index (χ3n) is 4.15. The number of rotatable bonds is 2. The molecule has 1 aliphatic heterocycles. The van der Waals surface area contributed by atoms with Gasteiger partial charge in [-0.05, 0) is 42.6 Å². The molecule has 1 saturated heterocycles. The number of aromatic amines is 1. The first-order chi connectivity index (χ1) is 10.3. The van der Waals surface area contributed by atoms with Crippen molar-refractivity contribution in [1.29, 1.82) is 0 Å². The van der Waals surface area contributed by atoms with Crippen molar-refractivity contribution in [3.8, 4) is 17.0 Å². The highest BCUT2D eigenvalue weighted by atomic mass is 16.3. The molecule has 0 radical (unpaired) electrons. The molecule has 106 valence electrons. The summed E-state index contributed by atoms with van der Waals surface area (Å²) in [7, 11) is 0. The van der Waals surface area contributed by atoms with Gasteiger partial charge in [-0.3, -0.25) is 0 Å². The van der Waals surface area contributed by atoms with Crippen molar-refractivity contribution in [2.45, 2.75) is 12.3 Å². The standard InChI is InChI=1S/C16H16N4O/c21-15-4-2-1-3-11(15)14-7-12-13(10-5-6-17-8-10)9-18-16(12)20-19-14/h1-4,7,9-10,17,21H,5-6,8H2,(H,18,20). The molecule has 3 aromatic rings. The van der Waals surface area contributed by atoms with Gasteiger partial charge in [0, 0.05) is 23.7 Å². The molecule has 0 aliphatic carbocycles. The molecule has 4 rings (SSSR count). The van der Waals surface area contributed by atoms with Gasteiger partial charge < -0.3 is 15.4 Å². The molecule has 21 heavy (non-hydrogen) atoms. The van der Waals surface area contributed by atoms with E-state index in [4.69, 9.17) is 0 Å². The quantitative estimate of drug-likeness (QED) is 0.674. The number of para-hydroxylation sites is 1. The molecular weight excluding hydrogens is 264 g/mol. The van der Waals surface area contributed by atoms with E-state index in [9.17, 15) is 5.11 Å². The number of nitrogens with one attached hydrogen (secondary N) is 2. The Bertz CT molecular complexity index is 790. The molecule has 0 bridgehead atoms. The van der Waals surface area contributed by atoms with Gasteiger partial charge in [0.25, 0.3) is 0 Å².